The van der Waals surface area contributed by atoms with Gasteiger partial charge in [0.1, 0.15) is 5.75 Å². The maximum absolute atomic E-state index is 12.6. The van der Waals surface area contributed by atoms with Crippen LogP contribution in [0.25, 0.3) is 0 Å². The number of nitrogens with one attached hydrogen (secondary N) is 2. The van der Waals surface area contributed by atoms with Gasteiger partial charge in [0.25, 0.3) is 0 Å². The molecule has 0 saturated carbocycles. The van der Waals surface area contributed by atoms with Gasteiger partial charge >= 0.3 is 6.18 Å². The number of aromatic nitrogens is 1. The quantitative estimate of drug-likeness (QED) is 0.199. The lowest BCUT2D eigenvalue weighted by Crippen LogP contribution is -2.38. The summed E-state index contributed by atoms with van der Waals surface area (Å²) in [6, 6.07) is 7.64. The molecule has 1 aromatic heterocycles. The number of alkyl halides is 3. The Bertz CT molecular complexity index is 787. The molecule has 2 N–H and O–H groups in total. The van der Waals surface area contributed by atoms with Crippen molar-refractivity contribution in [3.63, 3.8) is 0 Å². The third-order valence-corrected chi connectivity index (χ3v) is 4.68. The minimum atomic E-state index is -4.40. The van der Waals surface area contributed by atoms with Gasteiger partial charge < -0.3 is 20.1 Å². The monoisotopic (exact) mass is 558 g/mol. The van der Waals surface area contributed by atoms with E-state index in [1.165, 1.54) is 0 Å². The first-order chi connectivity index (χ1) is 13.9. The third-order valence-electron chi connectivity index (χ3n) is 3.77. The fraction of sp³-hybridized carbons (Fsp3) is 0.474. The molecule has 0 atom stereocenters. The normalized spacial score (nSPS) is 11.7. The Balaban J connectivity index is 0.00000450. The van der Waals surface area contributed by atoms with Gasteiger partial charge in [0.15, 0.2) is 11.7 Å². The van der Waals surface area contributed by atoms with Crippen molar-refractivity contribution in [1.82, 2.24) is 15.6 Å². The van der Waals surface area contributed by atoms with Crippen LogP contribution in [0, 0.1) is 0 Å². The second-order valence-corrected chi connectivity index (χ2v) is 6.87. The van der Waals surface area contributed by atoms with Crippen molar-refractivity contribution in [2.24, 2.45) is 4.99 Å². The minimum absolute atomic E-state index is 0. The van der Waals surface area contributed by atoms with Crippen molar-refractivity contribution >= 4 is 41.3 Å². The summed E-state index contributed by atoms with van der Waals surface area (Å²) in [5, 5.41) is 7.65. The van der Waals surface area contributed by atoms with Gasteiger partial charge in [0.05, 0.1) is 31.9 Å². The largest absolute Gasteiger partial charge is 0.496 e. The molecule has 0 aliphatic rings. The van der Waals surface area contributed by atoms with Gasteiger partial charge in [-0.15, -0.1) is 35.3 Å². The number of hydrogen-bond donors (Lipinski definition) is 2. The van der Waals surface area contributed by atoms with E-state index in [-0.39, 0.29) is 24.0 Å². The van der Waals surface area contributed by atoms with E-state index in [0.717, 1.165) is 28.0 Å². The standard InChI is InChI=1S/C19H25F3N4O2S.HI/c1-3-23-18(24-9-8-17-26-16(13-29-17)19(20,21)22)25-10-11-28-12-14-6-4-5-7-15(14)27-2;/h4-7,13H,3,8-12H2,1-2H3,(H2,23,24,25);1H. The van der Waals surface area contributed by atoms with Crippen LogP contribution in [0.1, 0.15) is 23.2 Å². The molecule has 2 aromatic rings. The summed E-state index contributed by atoms with van der Waals surface area (Å²) in [5.41, 5.74) is 0.121. The molecule has 0 amide bonds. The number of methoxy groups -OCH3 is 1. The zero-order valence-electron chi connectivity index (χ0n) is 16.8. The molecule has 0 unspecified atom stereocenters. The van der Waals surface area contributed by atoms with Crippen LogP contribution in [0.3, 0.4) is 0 Å². The van der Waals surface area contributed by atoms with Crippen LogP contribution >= 0.6 is 35.3 Å². The first kappa shape index (κ1) is 26.4. The Morgan fingerprint density at radius 2 is 2.00 bits per heavy atom. The van der Waals surface area contributed by atoms with E-state index in [1.54, 1.807) is 7.11 Å². The Hall–Kier alpha value is -1.60. The molecule has 2 rings (SSSR count). The smallest absolute Gasteiger partial charge is 0.434 e. The van der Waals surface area contributed by atoms with E-state index in [4.69, 9.17) is 9.47 Å². The fourth-order valence-corrected chi connectivity index (χ4v) is 3.22. The van der Waals surface area contributed by atoms with Crippen LogP contribution in [-0.2, 0) is 23.9 Å². The summed E-state index contributed by atoms with van der Waals surface area (Å²) in [6.07, 6.45) is -4.02. The van der Waals surface area contributed by atoms with Gasteiger partial charge in [-0.3, -0.25) is 4.99 Å². The van der Waals surface area contributed by atoms with Crippen LogP contribution in [0.4, 0.5) is 13.2 Å². The lowest BCUT2D eigenvalue weighted by Gasteiger charge is -2.11. The molecular formula is C19H26F3IN4O2S. The molecule has 1 aromatic carbocycles. The highest BCUT2D eigenvalue weighted by Gasteiger charge is 2.33. The fourth-order valence-electron chi connectivity index (χ4n) is 2.41. The molecule has 0 spiro atoms. The van der Waals surface area contributed by atoms with E-state index < -0.39 is 11.9 Å². The van der Waals surface area contributed by atoms with E-state index >= 15 is 0 Å². The number of thiazole rings is 1. The van der Waals surface area contributed by atoms with Crippen LogP contribution in [0.2, 0.25) is 0 Å². The number of rotatable bonds is 10. The molecule has 0 aliphatic carbocycles. The number of para-hydroxylation sites is 1. The number of nitrogens with zero attached hydrogens (tertiary/aromatic N) is 2. The summed E-state index contributed by atoms with van der Waals surface area (Å²) < 4.78 is 48.7. The number of aliphatic imine (C=N–C) groups is 1. The Morgan fingerprint density at radius 3 is 2.67 bits per heavy atom. The summed E-state index contributed by atoms with van der Waals surface area (Å²) in [4.78, 5) is 8.02. The lowest BCUT2D eigenvalue weighted by atomic mass is 10.2. The second kappa shape index (κ2) is 13.7. The summed E-state index contributed by atoms with van der Waals surface area (Å²) >= 11 is 1.01. The Kier molecular flexibility index (Phi) is 12.0. The molecule has 0 saturated heterocycles. The van der Waals surface area contributed by atoms with Crippen molar-refractivity contribution in [2.75, 3.05) is 33.4 Å². The molecule has 11 heteroatoms. The first-order valence-electron chi connectivity index (χ1n) is 9.17. The summed E-state index contributed by atoms with van der Waals surface area (Å²) in [7, 11) is 1.62. The average Bonchev–Trinajstić information content (AvgIpc) is 3.17. The highest BCUT2D eigenvalue weighted by molar-refractivity contribution is 14.0. The van der Waals surface area contributed by atoms with Gasteiger partial charge in [0, 0.05) is 30.5 Å². The number of hydrogen-bond acceptors (Lipinski definition) is 5. The number of benzene rings is 1. The van der Waals surface area contributed by atoms with Crippen molar-refractivity contribution in [3.05, 3.63) is 45.9 Å². The van der Waals surface area contributed by atoms with Gasteiger partial charge in [-0.25, -0.2) is 4.98 Å². The number of halogens is 4. The molecule has 0 fully saturated rings. The predicted octanol–water partition coefficient (Wildman–Crippen LogP) is 4.10. The molecular weight excluding hydrogens is 532 g/mol. The zero-order chi connectivity index (χ0) is 21.1. The maximum atomic E-state index is 12.6. The predicted molar refractivity (Wildman–Crippen MR) is 123 cm³/mol. The van der Waals surface area contributed by atoms with Gasteiger partial charge in [-0.2, -0.15) is 13.2 Å². The number of guanidine groups is 1. The first-order valence-corrected chi connectivity index (χ1v) is 10.1. The van der Waals surface area contributed by atoms with E-state index in [2.05, 4.69) is 20.6 Å². The third kappa shape index (κ3) is 9.04. The van der Waals surface area contributed by atoms with Crippen LogP contribution in [-0.4, -0.2) is 44.3 Å². The summed E-state index contributed by atoms with van der Waals surface area (Å²) in [5.74, 6) is 1.36. The van der Waals surface area contributed by atoms with Crippen LogP contribution < -0.4 is 15.4 Å². The molecule has 0 radical (unpaired) electrons. The zero-order valence-corrected chi connectivity index (χ0v) is 19.9. The summed E-state index contributed by atoms with van der Waals surface area (Å²) in [6.45, 7) is 4.33. The van der Waals surface area contributed by atoms with E-state index in [9.17, 15) is 13.2 Å². The average molecular weight is 558 g/mol. The second-order valence-electron chi connectivity index (χ2n) is 5.93. The molecule has 168 valence electrons. The maximum Gasteiger partial charge on any atom is 0.434 e. The molecule has 6 nitrogen and oxygen atoms in total. The van der Waals surface area contributed by atoms with Gasteiger partial charge in [-0.1, -0.05) is 18.2 Å². The van der Waals surface area contributed by atoms with Gasteiger partial charge in [0.2, 0.25) is 0 Å². The highest BCUT2D eigenvalue weighted by atomic mass is 127. The lowest BCUT2D eigenvalue weighted by molar-refractivity contribution is -0.140. The minimum Gasteiger partial charge on any atom is -0.496 e. The van der Waals surface area contributed by atoms with Crippen molar-refractivity contribution in [2.45, 2.75) is 26.1 Å². The Labute approximate surface area is 195 Å². The molecule has 1 heterocycles. The number of ether oxygens (including phenoxy) is 2. The van der Waals surface area contributed by atoms with E-state index in [1.807, 2.05) is 31.2 Å². The topological polar surface area (TPSA) is 67.8 Å². The van der Waals surface area contributed by atoms with E-state index in [0.29, 0.717) is 50.2 Å². The van der Waals surface area contributed by atoms with Crippen molar-refractivity contribution < 1.29 is 22.6 Å². The van der Waals surface area contributed by atoms with Crippen molar-refractivity contribution in [1.29, 1.82) is 0 Å². The molecule has 0 aliphatic heterocycles. The van der Waals surface area contributed by atoms with Crippen LogP contribution in [0.5, 0.6) is 5.75 Å². The molecule has 30 heavy (non-hydrogen) atoms. The SMILES string of the molecule is CCNC(=NCCOCc1ccccc1OC)NCCc1nc(C(F)(F)F)cs1.I. The Morgan fingerprint density at radius 1 is 1.23 bits per heavy atom. The van der Waals surface area contributed by atoms with Gasteiger partial charge in [-0.05, 0) is 13.0 Å². The highest BCUT2D eigenvalue weighted by Crippen LogP contribution is 2.30. The van der Waals surface area contributed by atoms with Crippen molar-refractivity contribution in [3.8, 4) is 5.75 Å². The van der Waals surface area contributed by atoms with Crippen LogP contribution in [0.15, 0.2) is 34.6 Å². The molecule has 0 bridgehead atoms.